The van der Waals surface area contributed by atoms with Crippen molar-refractivity contribution in [1.82, 2.24) is 10.2 Å². The topological polar surface area (TPSA) is 41.6 Å². The standard InChI is InChI=1S/C12H24N2O2/c1-3-14(2)12(15)10-13-8-9-16-11-6-4-5-7-11/h11,13H,3-10H2,1-2H3. The number of nitrogens with zero attached hydrogens (tertiary/aromatic N) is 1. The molecule has 1 rings (SSSR count). The average molecular weight is 228 g/mol. The predicted octanol–water partition coefficient (Wildman–Crippen LogP) is 1.01. The average Bonchev–Trinajstić information content (AvgIpc) is 2.80. The molecule has 0 heterocycles. The lowest BCUT2D eigenvalue weighted by atomic mass is 10.3. The van der Waals surface area contributed by atoms with Crippen LogP contribution in [0, 0.1) is 0 Å². The van der Waals surface area contributed by atoms with Crippen LogP contribution in [0.25, 0.3) is 0 Å². The molecule has 0 radical (unpaired) electrons. The molecule has 1 N–H and O–H groups in total. The second kappa shape index (κ2) is 7.63. The van der Waals surface area contributed by atoms with Crippen LogP contribution in [0.5, 0.6) is 0 Å². The van der Waals surface area contributed by atoms with Gasteiger partial charge in [0.2, 0.25) is 5.91 Å². The number of carbonyl (C=O) groups excluding carboxylic acids is 1. The molecule has 16 heavy (non-hydrogen) atoms. The first-order valence-electron chi connectivity index (χ1n) is 6.30. The van der Waals surface area contributed by atoms with Gasteiger partial charge in [0.15, 0.2) is 0 Å². The monoisotopic (exact) mass is 228 g/mol. The first kappa shape index (κ1) is 13.5. The summed E-state index contributed by atoms with van der Waals surface area (Å²) in [6, 6.07) is 0. The van der Waals surface area contributed by atoms with Gasteiger partial charge >= 0.3 is 0 Å². The number of hydrogen-bond donors (Lipinski definition) is 1. The van der Waals surface area contributed by atoms with E-state index in [1.165, 1.54) is 25.7 Å². The van der Waals surface area contributed by atoms with Gasteiger partial charge in [-0.1, -0.05) is 12.8 Å². The van der Waals surface area contributed by atoms with Gasteiger partial charge in [-0.05, 0) is 19.8 Å². The Kier molecular flexibility index (Phi) is 6.42. The summed E-state index contributed by atoms with van der Waals surface area (Å²) in [5, 5.41) is 3.11. The smallest absolute Gasteiger partial charge is 0.236 e. The first-order chi connectivity index (χ1) is 7.74. The van der Waals surface area contributed by atoms with Crippen LogP contribution >= 0.6 is 0 Å². The second-order valence-electron chi connectivity index (χ2n) is 4.36. The van der Waals surface area contributed by atoms with Crippen LogP contribution in [0.2, 0.25) is 0 Å². The van der Waals surface area contributed by atoms with E-state index in [-0.39, 0.29) is 5.91 Å². The Hall–Kier alpha value is -0.610. The highest BCUT2D eigenvalue weighted by Gasteiger charge is 2.14. The van der Waals surface area contributed by atoms with Gasteiger partial charge in [0.1, 0.15) is 0 Å². The maximum Gasteiger partial charge on any atom is 0.236 e. The SMILES string of the molecule is CCN(C)C(=O)CNCCOC1CCCC1. The Bertz CT molecular complexity index is 203. The number of likely N-dealkylation sites (N-methyl/N-ethyl adjacent to an activating group) is 1. The molecular formula is C12H24N2O2. The van der Waals surface area contributed by atoms with Crippen molar-refractivity contribution in [2.75, 3.05) is 33.3 Å². The second-order valence-corrected chi connectivity index (χ2v) is 4.36. The van der Waals surface area contributed by atoms with Gasteiger partial charge in [0, 0.05) is 20.1 Å². The van der Waals surface area contributed by atoms with Crippen molar-refractivity contribution in [2.24, 2.45) is 0 Å². The Morgan fingerprint density at radius 3 is 2.75 bits per heavy atom. The van der Waals surface area contributed by atoms with Crippen molar-refractivity contribution in [1.29, 1.82) is 0 Å². The molecule has 0 spiro atoms. The lowest BCUT2D eigenvalue weighted by molar-refractivity contribution is -0.128. The van der Waals surface area contributed by atoms with E-state index in [0.29, 0.717) is 19.3 Å². The summed E-state index contributed by atoms with van der Waals surface area (Å²) >= 11 is 0. The Labute approximate surface area is 98.3 Å². The van der Waals surface area contributed by atoms with Gasteiger partial charge in [-0.25, -0.2) is 0 Å². The number of nitrogens with one attached hydrogen (secondary N) is 1. The molecule has 1 aliphatic carbocycles. The van der Waals surface area contributed by atoms with E-state index in [4.69, 9.17) is 4.74 Å². The van der Waals surface area contributed by atoms with E-state index in [2.05, 4.69) is 5.32 Å². The maximum atomic E-state index is 11.4. The van der Waals surface area contributed by atoms with Crippen molar-refractivity contribution in [3.05, 3.63) is 0 Å². The largest absolute Gasteiger partial charge is 0.377 e. The number of ether oxygens (including phenoxy) is 1. The van der Waals surface area contributed by atoms with Crippen LogP contribution in [-0.4, -0.2) is 50.2 Å². The number of carbonyl (C=O) groups is 1. The van der Waals surface area contributed by atoms with Crippen molar-refractivity contribution >= 4 is 5.91 Å². The lowest BCUT2D eigenvalue weighted by Crippen LogP contribution is -2.36. The predicted molar refractivity (Wildman–Crippen MR) is 64.4 cm³/mol. The number of hydrogen-bond acceptors (Lipinski definition) is 3. The molecule has 1 fully saturated rings. The van der Waals surface area contributed by atoms with Gasteiger partial charge in [-0.3, -0.25) is 4.79 Å². The highest BCUT2D eigenvalue weighted by molar-refractivity contribution is 5.77. The third kappa shape index (κ3) is 4.94. The Morgan fingerprint density at radius 2 is 2.12 bits per heavy atom. The Balaban J connectivity index is 1.93. The summed E-state index contributed by atoms with van der Waals surface area (Å²) in [5.41, 5.74) is 0. The summed E-state index contributed by atoms with van der Waals surface area (Å²) in [6.07, 6.45) is 5.49. The molecule has 0 aromatic rings. The van der Waals surface area contributed by atoms with Crippen molar-refractivity contribution < 1.29 is 9.53 Å². The normalized spacial score (nSPS) is 16.6. The molecule has 1 amide bonds. The molecule has 0 aliphatic heterocycles. The quantitative estimate of drug-likeness (QED) is 0.661. The van der Waals surface area contributed by atoms with Crippen LogP contribution in [0.3, 0.4) is 0 Å². The van der Waals surface area contributed by atoms with Crippen LogP contribution in [0.4, 0.5) is 0 Å². The molecule has 0 saturated heterocycles. The molecule has 4 nitrogen and oxygen atoms in total. The van der Waals surface area contributed by atoms with Crippen LogP contribution in [0.1, 0.15) is 32.6 Å². The maximum absolute atomic E-state index is 11.4. The van der Waals surface area contributed by atoms with Gasteiger partial charge < -0.3 is 15.0 Å². The zero-order valence-electron chi connectivity index (χ0n) is 10.5. The van der Waals surface area contributed by atoms with Crippen LogP contribution < -0.4 is 5.32 Å². The van der Waals surface area contributed by atoms with Crippen molar-refractivity contribution in [3.63, 3.8) is 0 Å². The summed E-state index contributed by atoms with van der Waals surface area (Å²) in [4.78, 5) is 13.1. The summed E-state index contributed by atoms with van der Waals surface area (Å²) < 4.78 is 5.68. The molecular weight excluding hydrogens is 204 g/mol. The first-order valence-corrected chi connectivity index (χ1v) is 6.30. The minimum atomic E-state index is 0.142. The minimum Gasteiger partial charge on any atom is -0.377 e. The summed E-state index contributed by atoms with van der Waals surface area (Å²) in [5.74, 6) is 0.142. The van der Waals surface area contributed by atoms with E-state index in [1.807, 2.05) is 14.0 Å². The van der Waals surface area contributed by atoms with Crippen molar-refractivity contribution in [3.8, 4) is 0 Å². The highest BCUT2D eigenvalue weighted by atomic mass is 16.5. The van der Waals surface area contributed by atoms with Crippen LogP contribution in [0.15, 0.2) is 0 Å². The fraction of sp³-hybridized carbons (Fsp3) is 0.917. The molecule has 4 heteroatoms. The zero-order valence-corrected chi connectivity index (χ0v) is 10.5. The minimum absolute atomic E-state index is 0.142. The highest BCUT2D eigenvalue weighted by Crippen LogP contribution is 2.20. The fourth-order valence-corrected chi connectivity index (χ4v) is 1.86. The fourth-order valence-electron chi connectivity index (χ4n) is 1.86. The van der Waals surface area contributed by atoms with Gasteiger partial charge in [0.25, 0.3) is 0 Å². The number of amides is 1. The van der Waals surface area contributed by atoms with E-state index in [0.717, 1.165) is 13.1 Å². The molecule has 1 saturated carbocycles. The molecule has 0 unspecified atom stereocenters. The molecule has 94 valence electrons. The van der Waals surface area contributed by atoms with E-state index < -0.39 is 0 Å². The Morgan fingerprint density at radius 1 is 1.44 bits per heavy atom. The summed E-state index contributed by atoms with van der Waals surface area (Å²) in [7, 11) is 1.82. The van der Waals surface area contributed by atoms with E-state index >= 15 is 0 Å². The molecule has 1 aliphatic rings. The van der Waals surface area contributed by atoms with Gasteiger partial charge in [-0.2, -0.15) is 0 Å². The lowest BCUT2D eigenvalue weighted by Gasteiger charge is -2.15. The van der Waals surface area contributed by atoms with Gasteiger partial charge in [-0.15, -0.1) is 0 Å². The number of rotatable bonds is 7. The van der Waals surface area contributed by atoms with E-state index in [9.17, 15) is 4.79 Å². The zero-order chi connectivity index (χ0) is 11.8. The van der Waals surface area contributed by atoms with Gasteiger partial charge in [0.05, 0.1) is 19.3 Å². The third-order valence-electron chi connectivity index (χ3n) is 3.11. The third-order valence-corrected chi connectivity index (χ3v) is 3.11. The van der Waals surface area contributed by atoms with Crippen molar-refractivity contribution in [2.45, 2.75) is 38.7 Å². The summed E-state index contributed by atoms with van der Waals surface area (Å²) in [6.45, 7) is 4.63. The van der Waals surface area contributed by atoms with E-state index in [1.54, 1.807) is 4.90 Å². The molecule has 0 bridgehead atoms. The van der Waals surface area contributed by atoms with Crippen LogP contribution in [-0.2, 0) is 9.53 Å². The molecule has 0 aromatic carbocycles. The molecule has 0 aromatic heterocycles. The molecule has 0 atom stereocenters.